The summed E-state index contributed by atoms with van der Waals surface area (Å²) in [5.41, 5.74) is 1.12. The number of hydrogen-bond acceptors (Lipinski definition) is 3. The Kier molecular flexibility index (Phi) is 4.74. The quantitative estimate of drug-likeness (QED) is 0.922. The molecule has 0 aliphatic rings. The highest BCUT2D eigenvalue weighted by atomic mass is 35.5. The number of nitrogens with one attached hydrogen (secondary N) is 1. The van der Waals surface area contributed by atoms with Crippen molar-refractivity contribution in [2.24, 2.45) is 5.92 Å². The molecule has 5 nitrogen and oxygen atoms in total. The van der Waals surface area contributed by atoms with Crippen molar-refractivity contribution in [3.63, 3.8) is 0 Å². The summed E-state index contributed by atoms with van der Waals surface area (Å²) < 4.78 is 1.55. The molecular weight excluding hydrogens is 276 g/mol. The van der Waals surface area contributed by atoms with Crippen LogP contribution in [0.3, 0.4) is 0 Å². The fourth-order valence-electron chi connectivity index (χ4n) is 1.65. The van der Waals surface area contributed by atoms with E-state index in [4.69, 9.17) is 11.6 Å². The molecule has 2 aromatic rings. The maximum Gasteiger partial charge on any atom is 0.273 e. The van der Waals surface area contributed by atoms with Crippen molar-refractivity contribution in [2.45, 2.75) is 20.3 Å². The van der Waals surface area contributed by atoms with Gasteiger partial charge in [-0.15, -0.1) is 5.10 Å². The Balaban J connectivity index is 2.01. The molecule has 0 fully saturated rings. The number of nitrogens with zero attached hydrogens (tertiary/aromatic N) is 3. The van der Waals surface area contributed by atoms with Crippen molar-refractivity contribution in [2.75, 3.05) is 6.54 Å². The number of aromatic nitrogens is 3. The van der Waals surface area contributed by atoms with E-state index in [9.17, 15) is 4.79 Å². The van der Waals surface area contributed by atoms with Crippen LogP contribution in [0.4, 0.5) is 0 Å². The van der Waals surface area contributed by atoms with Crippen LogP contribution in [0.25, 0.3) is 5.69 Å². The van der Waals surface area contributed by atoms with Gasteiger partial charge >= 0.3 is 0 Å². The Morgan fingerprint density at radius 3 is 2.70 bits per heavy atom. The lowest BCUT2D eigenvalue weighted by Crippen LogP contribution is -2.25. The molecule has 0 aliphatic heterocycles. The molecule has 1 N–H and O–H groups in total. The van der Waals surface area contributed by atoms with Gasteiger partial charge in [-0.1, -0.05) is 30.7 Å². The number of rotatable bonds is 5. The van der Waals surface area contributed by atoms with E-state index in [1.54, 1.807) is 23.0 Å². The van der Waals surface area contributed by atoms with Gasteiger partial charge in [0, 0.05) is 11.6 Å². The van der Waals surface area contributed by atoms with E-state index in [0.717, 1.165) is 12.1 Å². The zero-order valence-electron chi connectivity index (χ0n) is 11.5. The number of carbonyl (C=O) groups excluding carboxylic acids is 1. The monoisotopic (exact) mass is 292 g/mol. The summed E-state index contributed by atoms with van der Waals surface area (Å²) in [6.07, 6.45) is 2.55. The molecule has 20 heavy (non-hydrogen) atoms. The van der Waals surface area contributed by atoms with Crippen LogP contribution >= 0.6 is 11.6 Å². The fraction of sp³-hybridized carbons (Fsp3) is 0.357. The Bertz CT molecular complexity index is 577. The largest absolute Gasteiger partial charge is 0.351 e. The molecule has 0 aliphatic carbocycles. The lowest BCUT2D eigenvalue weighted by atomic mass is 10.1. The minimum absolute atomic E-state index is 0.203. The van der Waals surface area contributed by atoms with Crippen molar-refractivity contribution in [1.29, 1.82) is 0 Å². The molecule has 1 amide bonds. The lowest BCUT2D eigenvalue weighted by Gasteiger charge is -2.04. The summed E-state index contributed by atoms with van der Waals surface area (Å²) in [7, 11) is 0. The third-order valence-corrected chi connectivity index (χ3v) is 3.08. The van der Waals surface area contributed by atoms with Crippen LogP contribution in [0.5, 0.6) is 0 Å². The SMILES string of the molecule is CC(C)CCNC(=O)c1cn(-c2ccc(Cl)cc2)nn1. The number of carbonyl (C=O) groups is 1. The van der Waals surface area contributed by atoms with Crippen LogP contribution in [0.2, 0.25) is 5.02 Å². The number of benzene rings is 1. The molecular formula is C14H17ClN4O. The van der Waals surface area contributed by atoms with E-state index >= 15 is 0 Å². The van der Waals surface area contributed by atoms with Crippen LogP contribution in [-0.4, -0.2) is 27.4 Å². The molecule has 106 valence electrons. The van der Waals surface area contributed by atoms with Crippen molar-refractivity contribution >= 4 is 17.5 Å². The van der Waals surface area contributed by atoms with Crippen molar-refractivity contribution in [1.82, 2.24) is 20.3 Å². The van der Waals surface area contributed by atoms with Crippen LogP contribution in [-0.2, 0) is 0 Å². The molecule has 0 saturated heterocycles. The summed E-state index contributed by atoms with van der Waals surface area (Å²) in [5, 5.41) is 11.3. The smallest absolute Gasteiger partial charge is 0.273 e. The molecule has 1 heterocycles. The van der Waals surface area contributed by atoms with E-state index in [1.807, 2.05) is 12.1 Å². The number of halogens is 1. The number of amides is 1. The van der Waals surface area contributed by atoms with Crippen molar-refractivity contribution in [3.8, 4) is 5.69 Å². The van der Waals surface area contributed by atoms with Gasteiger partial charge in [-0.25, -0.2) is 4.68 Å². The van der Waals surface area contributed by atoms with Gasteiger partial charge in [0.05, 0.1) is 11.9 Å². The molecule has 0 spiro atoms. The Morgan fingerprint density at radius 1 is 1.35 bits per heavy atom. The molecule has 2 rings (SSSR count). The molecule has 0 atom stereocenters. The van der Waals surface area contributed by atoms with Gasteiger partial charge in [0.25, 0.3) is 5.91 Å². The molecule has 0 radical (unpaired) electrons. The van der Waals surface area contributed by atoms with Gasteiger partial charge in [-0.05, 0) is 36.6 Å². The average Bonchev–Trinajstić information content (AvgIpc) is 2.88. The molecule has 1 aromatic carbocycles. The minimum atomic E-state index is -0.203. The third-order valence-electron chi connectivity index (χ3n) is 2.82. The minimum Gasteiger partial charge on any atom is -0.351 e. The summed E-state index contributed by atoms with van der Waals surface area (Å²) in [6.45, 7) is 4.87. The first-order chi connectivity index (χ1) is 9.56. The maximum atomic E-state index is 11.9. The highest BCUT2D eigenvalue weighted by molar-refractivity contribution is 6.30. The fourth-order valence-corrected chi connectivity index (χ4v) is 1.78. The first kappa shape index (κ1) is 14.5. The lowest BCUT2D eigenvalue weighted by molar-refractivity contribution is 0.0947. The molecule has 0 saturated carbocycles. The second-order valence-corrected chi connectivity index (χ2v) is 5.40. The van der Waals surface area contributed by atoms with Gasteiger partial charge < -0.3 is 5.32 Å². The molecule has 0 unspecified atom stereocenters. The second kappa shape index (κ2) is 6.52. The zero-order chi connectivity index (χ0) is 14.5. The normalized spacial score (nSPS) is 10.8. The van der Waals surface area contributed by atoms with E-state index < -0.39 is 0 Å². The molecule has 6 heteroatoms. The van der Waals surface area contributed by atoms with Gasteiger partial charge in [0.1, 0.15) is 0 Å². The van der Waals surface area contributed by atoms with Gasteiger partial charge in [-0.2, -0.15) is 0 Å². The molecule has 1 aromatic heterocycles. The first-order valence-corrected chi connectivity index (χ1v) is 6.90. The van der Waals surface area contributed by atoms with Crippen LogP contribution in [0.15, 0.2) is 30.5 Å². The Hall–Kier alpha value is -1.88. The Labute approximate surface area is 122 Å². The standard InChI is InChI=1S/C14H17ClN4O/c1-10(2)7-8-16-14(20)13-9-19(18-17-13)12-5-3-11(15)4-6-12/h3-6,9-10H,7-8H2,1-2H3,(H,16,20). The van der Waals surface area contributed by atoms with Crippen LogP contribution < -0.4 is 5.32 Å². The first-order valence-electron chi connectivity index (χ1n) is 6.53. The van der Waals surface area contributed by atoms with E-state index in [-0.39, 0.29) is 5.91 Å². The summed E-state index contributed by atoms with van der Waals surface area (Å²) in [5.74, 6) is 0.353. The highest BCUT2D eigenvalue weighted by Crippen LogP contribution is 2.12. The zero-order valence-corrected chi connectivity index (χ0v) is 12.3. The second-order valence-electron chi connectivity index (χ2n) is 4.96. The molecule has 0 bridgehead atoms. The van der Waals surface area contributed by atoms with Gasteiger partial charge in [0.15, 0.2) is 5.69 Å². The summed E-state index contributed by atoms with van der Waals surface area (Å²) in [4.78, 5) is 11.9. The maximum absolute atomic E-state index is 11.9. The van der Waals surface area contributed by atoms with E-state index in [0.29, 0.717) is 23.2 Å². The predicted molar refractivity (Wildman–Crippen MR) is 78.2 cm³/mol. The van der Waals surface area contributed by atoms with Crippen molar-refractivity contribution < 1.29 is 4.79 Å². The number of hydrogen-bond donors (Lipinski definition) is 1. The van der Waals surface area contributed by atoms with E-state index in [2.05, 4.69) is 29.5 Å². The van der Waals surface area contributed by atoms with Crippen LogP contribution in [0.1, 0.15) is 30.8 Å². The topological polar surface area (TPSA) is 59.8 Å². The summed E-state index contributed by atoms with van der Waals surface area (Å²) >= 11 is 5.83. The van der Waals surface area contributed by atoms with Crippen molar-refractivity contribution in [3.05, 3.63) is 41.2 Å². The van der Waals surface area contributed by atoms with Gasteiger partial charge in [0.2, 0.25) is 0 Å². The van der Waals surface area contributed by atoms with Crippen LogP contribution in [0, 0.1) is 5.92 Å². The third kappa shape index (κ3) is 3.81. The average molecular weight is 293 g/mol. The highest BCUT2D eigenvalue weighted by Gasteiger charge is 2.11. The van der Waals surface area contributed by atoms with Gasteiger partial charge in [-0.3, -0.25) is 4.79 Å². The predicted octanol–water partition coefficient (Wildman–Crippen LogP) is 2.70. The Morgan fingerprint density at radius 2 is 2.05 bits per heavy atom. The van der Waals surface area contributed by atoms with E-state index in [1.165, 1.54) is 0 Å². The summed E-state index contributed by atoms with van der Waals surface area (Å²) in [6, 6.07) is 7.16.